The van der Waals surface area contributed by atoms with Crippen LogP contribution in [-0.2, 0) is 16.8 Å². The van der Waals surface area contributed by atoms with E-state index in [9.17, 15) is 14.3 Å². The number of carbonyl (C=O) groups is 1. The van der Waals surface area contributed by atoms with Gasteiger partial charge in [-0.3, -0.25) is 4.79 Å². The molecule has 1 aromatic heterocycles. The van der Waals surface area contributed by atoms with Gasteiger partial charge in [0.2, 0.25) is 5.88 Å². The van der Waals surface area contributed by atoms with Crippen LogP contribution in [0, 0.1) is 0 Å². The van der Waals surface area contributed by atoms with E-state index in [4.69, 9.17) is 21.1 Å². The normalized spacial score (nSPS) is 17.3. The van der Waals surface area contributed by atoms with Gasteiger partial charge in [-0.05, 0) is 66.8 Å². The first-order valence-corrected chi connectivity index (χ1v) is 13.9. The highest BCUT2D eigenvalue weighted by Crippen LogP contribution is 2.41. The van der Waals surface area contributed by atoms with E-state index in [-0.39, 0.29) is 19.1 Å². The number of ether oxygens (including phenoxy) is 2. The smallest absolute Gasteiger partial charge is 0.258 e. The summed E-state index contributed by atoms with van der Waals surface area (Å²) in [5.41, 5.74) is 2.90. The summed E-state index contributed by atoms with van der Waals surface area (Å²) in [6.45, 7) is 1.59. The molecule has 0 atom stereocenters. The highest BCUT2D eigenvalue weighted by Gasteiger charge is 2.33. The SMILES string of the molecule is O=C(COc1cccc2c1CC(=CCCN1CCC(O)(c3ccc(Cl)cc3)CC1)c1cccnc1O2)NCCF. The lowest BCUT2D eigenvalue weighted by molar-refractivity contribution is -0.123. The van der Waals surface area contributed by atoms with Gasteiger partial charge < -0.3 is 24.8 Å². The molecule has 5 rings (SSSR count). The Labute approximate surface area is 238 Å². The number of allylic oxidation sites excluding steroid dienone is 1. The van der Waals surface area contributed by atoms with Crippen molar-refractivity contribution in [2.24, 2.45) is 0 Å². The average molecular weight is 566 g/mol. The third-order valence-electron chi connectivity index (χ3n) is 7.46. The van der Waals surface area contributed by atoms with Crippen molar-refractivity contribution in [3.63, 3.8) is 0 Å². The molecule has 3 heterocycles. The summed E-state index contributed by atoms with van der Waals surface area (Å²) in [6, 6.07) is 16.8. The number of benzene rings is 2. The van der Waals surface area contributed by atoms with Crippen molar-refractivity contribution in [3.05, 3.63) is 88.6 Å². The van der Waals surface area contributed by atoms with Gasteiger partial charge >= 0.3 is 0 Å². The molecule has 2 aromatic carbocycles. The van der Waals surface area contributed by atoms with Crippen molar-refractivity contribution in [1.29, 1.82) is 0 Å². The monoisotopic (exact) mass is 565 g/mol. The molecule has 1 fully saturated rings. The van der Waals surface area contributed by atoms with Crippen molar-refractivity contribution < 1.29 is 23.8 Å². The maximum Gasteiger partial charge on any atom is 0.258 e. The number of aliphatic hydroxyl groups is 1. The van der Waals surface area contributed by atoms with Gasteiger partial charge in [-0.1, -0.05) is 35.9 Å². The molecule has 2 N–H and O–H groups in total. The number of nitrogens with zero attached hydrogens (tertiary/aromatic N) is 2. The average Bonchev–Trinajstić information content (AvgIpc) is 3.13. The predicted molar refractivity (Wildman–Crippen MR) is 153 cm³/mol. The standard InChI is InChI=1S/C31H33ClFN3O4/c32-24-10-8-23(9-11-24)31(38)12-18-36(19-13-31)17-3-4-22-20-26-27(39-21-29(37)34-16-14-33)6-1-7-28(26)40-30-25(22)5-2-15-35-30/h1-2,4-11,15,38H,3,12-14,16-21H2,(H,34,37). The number of amides is 1. The van der Waals surface area contributed by atoms with Crippen LogP contribution in [0.1, 0.15) is 36.0 Å². The van der Waals surface area contributed by atoms with Crippen molar-refractivity contribution in [3.8, 4) is 17.4 Å². The Kier molecular flexibility index (Phi) is 8.99. The Bertz CT molecular complexity index is 1360. The van der Waals surface area contributed by atoms with E-state index in [1.54, 1.807) is 12.3 Å². The molecule has 1 saturated heterocycles. The van der Waals surface area contributed by atoms with Gasteiger partial charge in [-0.15, -0.1) is 0 Å². The van der Waals surface area contributed by atoms with Crippen LogP contribution in [0.5, 0.6) is 17.4 Å². The number of nitrogens with one attached hydrogen (secondary N) is 1. The summed E-state index contributed by atoms with van der Waals surface area (Å²) < 4.78 is 24.4. The molecule has 0 aliphatic carbocycles. The second-order valence-corrected chi connectivity index (χ2v) is 10.5. The van der Waals surface area contributed by atoms with Crippen LogP contribution in [0.2, 0.25) is 5.02 Å². The number of likely N-dealkylation sites (tertiary alicyclic amines) is 1. The summed E-state index contributed by atoms with van der Waals surface area (Å²) >= 11 is 6.02. The zero-order valence-electron chi connectivity index (χ0n) is 22.2. The van der Waals surface area contributed by atoms with E-state index >= 15 is 0 Å². The summed E-state index contributed by atoms with van der Waals surface area (Å²) in [4.78, 5) is 18.8. The number of pyridine rings is 1. The summed E-state index contributed by atoms with van der Waals surface area (Å²) in [7, 11) is 0. The fourth-order valence-corrected chi connectivity index (χ4v) is 5.36. The molecule has 0 radical (unpaired) electrons. The molecule has 0 bridgehead atoms. The number of hydrogen-bond acceptors (Lipinski definition) is 6. The second kappa shape index (κ2) is 12.8. The highest BCUT2D eigenvalue weighted by atomic mass is 35.5. The summed E-state index contributed by atoms with van der Waals surface area (Å²) in [6.07, 6.45) is 6.60. The van der Waals surface area contributed by atoms with Crippen LogP contribution in [0.3, 0.4) is 0 Å². The summed E-state index contributed by atoms with van der Waals surface area (Å²) in [5, 5.41) is 14.3. The van der Waals surface area contributed by atoms with Crippen LogP contribution in [0.25, 0.3) is 5.57 Å². The number of fused-ring (bicyclic) bond motifs is 2. The molecular formula is C31H33ClFN3O4. The van der Waals surface area contributed by atoms with E-state index in [0.717, 1.165) is 48.3 Å². The topological polar surface area (TPSA) is 83.9 Å². The van der Waals surface area contributed by atoms with Gasteiger partial charge in [-0.25, -0.2) is 9.37 Å². The van der Waals surface area contributed by atoms with Gasteiger partial charge in [0.15, 0.2) is 6.61 Å². The molecule has 3 aromatic rings. The molecule has 2 aliphatic heterocycles. The molecule has 0 spiro atoms. The zero-order valence-corrected chi connectivity index (χ0v) is 23.0. The lowest BCUT2D eigenvalue weighted by Crippen LogP contribution is -2.42. The van der Waals surface area contributed by atoms with Gasteiger partial charge in [0.25, 0.3) is 5.91 Å². The van der Waals surface area contributed by atoms with Crippen LogP contribution in [-0.4, -0.2) is 60.4 Å². The van der Waals surface area contributed by atoms with Gasteiger partial charge in [0.05, 0.1) is 5.60 Å². The van der Waals surface area contributed by atoms with Gasteiger partial charge in [0, 0.05) is 54.9 Å². The van der Waals surface area contributed by atoms with Crippen LogP contribution < -0.4 is 14.8 Å². The molecule has 40 heavy (non-hydrogen) atoms. The second-order valence-electron chi connectivity index (χ2n) is 10.1. The van der Waals surface area contributed by atoms with E-state index < -0.39 is 12.3 Å². The Morgan fingerprint density at radius 1 is 1.18 bits per heavy atom. The first-order valence-electron chi connectivity index (χ1n) is 13.6. The molecule has 0 unspecified atom stereocenters. The van der Waals surface area contributed by atoms with Crippen LogP contribution >= 0.6 is 11.6 Å². The first-order chi connectivity index (χ1) is 19.4. The Hall–Kier alpha value is -3.46. The molecule has 1 amide bonds. The third-order valence-corrected chi connectivity index (χ3v) is 7.71. The molecule has 210 valence electrons. The number of hydrogen-bond donors (Lipinski definition) is 2. The van der Waals surface area contributed by atoms with Crippen molar-refractivity contribution >= 4 is 23.1 Å². The molecular weight excluding hydrogens is 533 g/mol. The third kappa shape index (κ3) is 6.63. The minimum atomic E-state index is -0.828. The van der Waals surface area contributed by atoms with Crippen LogP contribution in [0.15, 0.2) is 66.9 Å². The maximum absolute atomic E-state index is 12.4. The van der Waals surface area contributed by atoms with Gasteiger partial charge in [-0.2, -0.15) is 0 Å². The van der Waals surface area contributed by atoms with E-state index in [1.807, 2.05) is 48.5 Å². The quantitative estimate of drug-likeness (QED) is 0.366. The number of alkyl halides is 1. The number of carbonyl (C=O) groups excluding carboxylic acids is 1. The minimum Gasteiger partial charge on any atom is -0.483 e. The zero-order chi connectivity index (χ0) is 28.0. The fraction of sp³-hybridized carbons (Fsp3) is 0.355. The van der Waals surface area contributed by atoms with Crippen LogP contribution in [0.4, 0.5) is 4.39 Å². The highest BCUT2D eigenvalue weighted by molar-refractivity contribution is 6.30. The minimum absolute atomic E-state index is 0.0382. The Balaban J connectivity index is 1.27. The number of aromatic nitrogens is 1. The van der Waals surface area contributed by atoms with E-state index in [2.05, 4.69) is 21.3 Å². The lowest BCUT2D eigenvalue weighted by Gasteiger charge is -2.38. The lowest BCUT2D eigenvalue weighted by atomic mass is 9.84. The molecule has 7 nitrogen and oxygen atoms in total. The summed E-state index contributed by atoms with van der Waals surface area (Å²) in [5.74, 6) is 1.32. The largest absolute Gasteiger partial charge is 0.483 e. The fourth-order valence-electron chi connectivity index (χ4n) is 5.24. The number of halogens is 2. The van der Waals surface area contributed by atoms with Crippen molar-refractivity contribution in [2.45, 2.75) is 31.3 Å². The first kappa shape index (κ1) is 28.1. The van der Waals surface area contributed by atoms with Crippen molar-refractivity contribution in [1.82, 2.24) is 15.2 Å². The Morgan fingerprint density at radius 2 is 1.98 bits per heavy atom. The predicted octanol–water partition coefficient (Wildman–Crippen LogP) is 5.31. The van der Waals surface area contributed by atoms with Crippen molar-refractivity contribution in [2.75, 3.05) is 39.5 Å². The number of piperidine rings is 1. The Morgan fingerprint density at radius 3 is 2.75 bits per heavy atom. The maximum atomic E-state index is 12.4. The van der Waals surface area contributed by atoms with Gasteiger partial charge in [0.1, 0.15) is 18.2 Å². The molecule has 0 saturated carbocycles. The number of rotatable bonds is 9. The van der Waals surface area contributed by atoms with E-state index in [1.165, 1.54) is 0 Å². The molecule has 9 heteroatoms. The van der Waals surface area contributed by atoms with E-state index in [0.29, 0.717) is 41.7 Å². The molecule has 2 aliphatic rings.